The molecule has 0 aliphatic carbocycles. The van der Waals surface area contributed by atoms with E-state index < -0.39 is 0 Å². The van der Waals surface area contributed by atoms with Gasteiger partial charge in [0.25, 0.3) is 0 Å². The zero-order chi connectivity index (χ0) is 11.5. The molecule has 5 heteroatoms. The maximum absolute atomic E-state index is 3.53. The van der Waals surface area contributed by atoms with Crippen LogP contribution >= 0.6 is 59.1 Å². The van der Waals surface area contributed by atoms with Gasteiger partial charge in [-0.25, -0.2) is 0 Å². The number of rotatable bonds is 3. The topological polar surface area (TPSA) is 12.0 Å². The molecule has 0 saturated carbocycles. The van der Waals surface area contributed by atoms with Crippen LogP contribution in [0.15, 0.2) is 42.4 Å². The molecule has 1 heterocycles. The average molecular weight is 426 g/mol. The van der Waals surface area contributed by atoms with E-state index in [9.17, 15) is 0 Å². The third-order valence-electron chi connectivity index (χ3n) is 2.04. The van der Waals surface area contributed by atoms with Gasteiger partial charge in [0, 0.05) is 21.2 Å². The van der Waals surface area contributed by atoms with E-state index in [1.807, 2.05) is 12.1 Å². The Morgan fingerprint density at radius 1 is 1.12 bits per heavy atom. The Balaban J connectivity index is 2.04. The van der Waals surface area contributed by atoms with Crippen molar-refractivity contribution in [2.45, 2.75) is 6.54 Å². The first-order chi connectivity index (χ1) is 7.65. The van der Waals surface area contributed by atoms with Crippen LogP contribution in [0.5, 0.6) is 0 Å². The molecule has 2 rings (SSSR count). The highest BCUT2D eigenvalue weighted by atomic mass is 79.9. The predicted molar refractivity (Wildman–Crippen MR) is 81.2 cm³/mol. The summed E-state index contributed by atoms with van der Waals surface area (Å²) < 4.78 is 3.30. The second-order valence-corrected chi connectivity index (χ2v) is 7.30. The molecule has 2 aromatic rings. The van der Waals surface area contributed by atoms with Crippen molar-refractivity contribution in [1.29, 1.82) is 0 Å². The first-order valence-corrected chi connectivity index (χ1v) is 7.83. The molecule has 0 atom stereocenters. The van der Waals surface area contributed by atoms with Gasteiger partial charge in [-0.05, 0) is 67.1 Å². The lowest BCUT2D eigenvalue weighted by atomic mass is 10.3. The molecule has 0 saturated heterocycles. The van der Waals surface area contributed by atoms with Gasteiger partial charge in [-0.15, -0.1) is 11.3 Å². The van der Waals surface area contributed by atoms with Crippen molar-refractivity contribution in [3.8, 4) is 0 Å². The summed E-state index contributed by atoms with van der Waals surface area (Å²) >= 11 is 12.1. The summed E-state index contributed by atoms with van der Waals surface area (Å²) in [6.45, 7) is 0.836. The molecular formula is C11H8Br3NS. The quantitative estimate of drug-likeness (QED) is 0.670. The van der Waals surface area contributed by atoms with Crippen LogP contribution in [-0.4, -0.2) is 0 Å². The Hall–Kier alpha value is 0.160. The van der Waals surface area contributed by atoms with Crippen LogP contribution in [0.2, 0.25) is 0 Å². The summed E-state index contributed by atoms with van der Waals surface area (Å²) in [7, 11) is 0. The molecule has 0 radical (unpaired) electrons. The molecule has 1 aromatic carbocycles. The molecule has 0 aliphatic rings. The average Bonchev–Trinajstić information content (AvgIpc) is 2.63. The predicted octanol–water partition coefficient (Wildman–Crippen LogP) is 5.65. The number of nitrogens with one attached hydrogen (secondary N) is 1. The van der Waals surface area contributed by atoms with E-state index in [0.29, 0.717) is 0 Å². The van der Waals surface area contributed by atoms with Crippen molar-refractivity contribution in [2.75, 3.05) is 5.32 Å². The largest absolute Gasteiger partial charge is 0.380 e. The molecule has 1 aromatic heterocycles. The molecule has 0 unspecified atom stereocenters. The lowest BCUT2D eigenvalue weighted by molar-refractivity contribution is 1.16. The number of halogens is 3. The lowest BCUT2D eigenvalue weighted by Crippen LogP contribution is -1.98. The van der Waals surface area contributed by atoms with E-state index in [4.69, 9.17) is 0 Å². The molecule has 16 heavy (non-hydrogen) atoms. The number of anilines is 1. The van der Waals surface area contributed by atoms with Gasteiger partial charge in [-0.2, -0.15) is 0 Å². The molecule has 0 fully saturated rings. The van der Waals surface area contributed by atoms with Crippen LogP contribution in [-0.2, 0) is 6.54 Å². The summed E-state index contributed by atoms with van der Waals surface area (Å²) in [5, 5.41) is 5.53. The van der Waals surface area contributed by atoms with E-state index >= 15 is 0 Å². The first-order valence-electron chi connectivity index (χ1n) is 4.57. The molecule has 0 spiro atoms. The number of thiophene rings is 1. The van der Waals surface area contributed by atoms with Crippen molar-refractivity contribution >= 4 is 64.8 Å². The van der Waals surface area contributed by atoms with Crippen LogP contribution in [0.3, 0.4) is 0 Å². The van der Waals surface area contributed by atoms with Gasteiger partial charge in [0.05, 0.1) is 3.79 Å². The Morgan fingerprint density at radius 2 is 1.94 bits per heavy atom. The third kappa shape index (κ3) is 3.32. The second kappa shape index (κ2) is 5.67. The first kappa shape index (κ1) is 12.6. The monoisotopic (exact) mass is 423 g/mol. The molecule has 0 bridgehead atoms. The summed E-state index contributed by atoms with van der Waals surface area (Å²) in [6.07, 6.45) is 0. The van der Waals surface area contributed by atoms with E-state index in [1.54, 1.807) is 11.3 Å². The van der Waals surface area contributed by atoms with Gasteiger partial charge in [-0.1, -0.05) is 15.9 Å². The van der Waals surface area contributed by atoms with Crippen molar-refractivity contribution in [2.24, 2.45) is 0 Å². The molecule has 0 amide bonds. The lowest BCUT2D eigenvalue weighted by Gasteiger charge is -2.07. The van der Waals surface area contributed by atoms with Crippen LogP contribution in [0, 0.1) is 0 Å². The highest BCUT2D eigenvalue weighted by molar-refractivity contribution is 9.11. The molecule has 0 aliphatic heterocycles. The zero-order valence-corrected chi connectivity index (χ0v) is 13.7. The zero-order valence-electron chi connectivity index (χ0n) is 8.14. The Labute approximate surface area is 124 Å². The minimum Gasteiger partial charge on any atom is -0.380 e. The van der Waals surface area contributed by atoms with Gasteiger partial charge in [0.2, 0.25) is 0 Å². The SMILES string of the molecule is Brc1ccc(NCc2csc(Br)c2)c(Br)c1. The van der Waals surface area contributed by atoms with Crippen LogP contribution < -0.4 is 5.32 Å². The highest BCUT2D eigenvalue weighted by Gasteiger charge is 2.01. The van der Waals surface area contributed by atoms with Gasteiger partial charge in [0.1, 0.15) is 0 Å². The maximum atomic E-state index is 3.53. The van der Waals surface area contributed by atoms with E-state index in [0.717, 1.165) is 21.2 Å². The fourth-order valence-corrected chi connectivity index (χ4v) is 3.67. The van der Waals surface area contributed by atoms with Gasteiger partial charge in [-0.3, -0.25) is 0 Å². The van der Waals surface area contributed by atoms with Crippen LogP contribution in [0.4, 0.5) is 5.69 Å². The van der Waals surface area contributed by atoms with Gasteiger partial charge >= 0.3 is 0 Å². The molecule has 84 valence electrons. The van der Waals surface area contributed by atoms with E-state index in [2.05, 4.69) is 70.6 Å². The second-order valence-electron chi connectivity index (χ2n) is 3.24. The summed E-state index contributed by atoms with van der Waals surface area (Å²) in [6, 6.07) is 8.24. The van der Waals surface area contributed by atoms with E-state index in [1.165, 1.54) is 9.35 Å². The van der Waals surface area contributed by atoms with Crippen molar-refractivity contribution in [1.82, 2.24) is 0 Å². The summed E-state index contributed by atoms with van der Waals surface area (Å²) in [4.78, 5) is 0. The highest BCUT2D eigenvalue weighted by Crippen LogP contribution is 2.27. The van der Waals surface area contributed by atoms with Crippen LogP contribution in [0.25, 0.3) is 0 Å². The number of benzene rings is 1. The van der Waals surface area contributed by atoms with Crippen molar-refractivity contribution in [3.63, 3.8) is 0 Å². The number of hydrogen-bond acceptors (Lipinski definition) is 2. The standard InChI is InChI=1S/C11H8Br3NS/c12-8-1-2-10(9(13)4-8)15-5-7-3-11(14)16-6-7/h1-4,6,15H,5H2. The minimum atomic E-state index is 0.836. The molecular weight excluding hydrogens is 418 g/mol. The number of hydrogen-bond donors (Lipinski definition) is 1. The van der Waals surface area contributed by atoms with Gasteiger partial charge < -0.3 is 5.32 Å². The summed E-state index contributed by atoms with van der Waals surface area (Å²) in [5.74, 6) is 0. The van der Waals surface area contributed by atoms with Gasteiger partial charge in [0.15, 0.2) is 0 Å². The van der Waals surface area contributed by atoms with E-state index in [-0.39, 0.29) is 0 Å². The Morgan fingerprint density at radius 3 is 2.56 bits per heavy atom. The smallest absolute Gasteiger partial charge is 0.0701 e. The molecule has 1 N–H and O–H groups in total. The maximum Gasteiger partial charge on any atom is 0.0701 e. The summed E-state index contributed by atoms with van der Waals surface area (Å²) in [5.41, 5.74) is 2.39. The normalized spacial score (nSPS) is 10.4. The molecule has 1 nitrogen and oxygen atoms in total. The fourth-order valence-electron chi connectivity index (χ4n) is 1.27. The Bertz CT molecular complexity index is 496. The van der Waals surface area contributed by atoms with Crippen molar-refractivity contribution < 1.29 is 0 Å². The fraction of sp³-hybridized carbons (Fsp3) is 0.0909. The van der Waals surface area contributed by atoms with Crippen molar-refractivity contribution in [3.05, 3.63) is 47.9 Å². The minimum absolute atomic E-state index is 0.836. The van der Waals surface area contributed by atoms with Crippen LogP contribution in [0.1, 0.15) is 5.56 Å². The third-order valence-corrected chi connectivity index (χ3v) is 4.74. The Kier molecular flexibility index (Phi) is 4.47.